The fraction of sp³-hybridized carbons (Fsp3) is 0.227. The summed E-state index contributed by atoms with van der Waals surface area (Å²) < 4.78 is 6.02. The van der Waals surface area contributed by atoms with Crippen molar-refractivity contribution < 1.29 is 4.74 Å². The van der Waals surface area contributed by atoms with E-state index in [0.29, 0.717) is 6.04 Å². The van der Waals surface area contributed by atoms with Gasteiger partial charge >= 0.3 is 0 Å². The number of rotatable bonds is 2. The molecule has 0 bridgehead atoms. The standard InChI is InChI=1S/C22H20N2O/c1-3-24-14(2)13-25-20-12-16(10-11-19(20)24)22-17-8-4-6-15-7-5-9-18(23-22)21(15)17/h4-12,14H,3,13H2,1-2H3. The number of hydrogen-bond donors (Lipinski definition) is 0. The normalized spacial score (nSPS) is 18.1. The Morgan fingerprint density at radius 1 is 1.12 bits per heavy atom. The zero-order valence-corrected chi connectivity index (χ0v) is 14.5. The predicted molar refractivity (Wildman–Crippen MR) is 104 cm³/mol. The molecule has 0 aromatic heterocycles. The van der Waals surface area contributed by atoms with Gasteiger partial charge in [-0.1, -0.05) is 36.4 Å². The Bertz CT molecular complexity index is 1020. The van der Waals surface area contributed by atoms with Crippen LogP contribution in [0, 0.1) is 0 Å². The zero-order chi connectivity index (χ0) is 17.0. The van der Waals surface area contributed by atoms with Crippen LogP contribution in [0.4, 0.5) is 11.4 Å². The second-order valence-electron chi connectivity index (χ2n) is 6.77. The van der Waals surface area contributed by atoms with Crippen LogP contribution in [0.3, 0.4) is 0 Å². The fourth-order valence-electron chi connectivity index (χ4n) is 4.05. The van der Waals surface area contributed by atoms with E-state index >= 15 is 0 Å². The van der Waals surface area contributed by atoms with Crippen LogP contribution in [0.1, 0.15) is 25.0 Å². The van der Waals surface area contributed by atoms with Gasteiger partial charge in [0.2, 0.25) is 0 Å². The summed E-state index contributed by atoms with van der Waals surface area (Å²) in [4.78, 5) is 7.31. The highest BCUT2D eigenvalue weighted by Gasteiger charge is 2.25. The molecule has 124 valence electrons. The molecule has 0 saturated heterocycles. The number of anilines is 1. The van der Waals surface area contributed by atoms with Crippen molar-refractivity contribution in [2.75, 3.05) is 18.1 Å². The van der Waals surface area contributed by atoms with Crippen molar-refractivity contribution in [3.8, 4) is 5.75 Å². The molecule has 3 aromatic rings. The van der Waals surface area contributed by atoms with Crippen molar-refractivity contribution in [3.63, 3.8) is 0 Å². The average molecular weight is 328 g/mol. The van der Waals surface area contributed by atoms with Crippen molar-refractivity contribution in [1.29, 1.82) is 0 Å². The first-order valence-electron chi connectivity index (χ1n) is 8.91. The Morgan fingerprint density at radius 3 is 2.80 bits per heavy atom. The van der Waals surface area contributed by atoms with Gasteiger partial charge < -0.3 is 9.64 Å². The van der Waals surface area contributed by atoms with E-state index in [-0.39, 0.29) is 0 Å². The molecule has 1 unspecified atom stereocenters. The van der Waals surface area contributed by atoms with E-state index in [4.69, 9.17) is 9.73 Å². The van der Waals surface area contributed by atoms with Gasteiger partial charge in [-0.25, -0.2) is 4.99 Å². The lowest BCUT2D eigenvalue weighted by Crippen LogP contribution is -2.40. The predicted octanol–water partition coefficient (Wildman–Crippen LogP) is 4.93. The monoisotopic (exact) mass is 328 g/mol. The topological polar surface area (TPSA) is 24.8 Å². The molecular weight excluding hydrogens is 308 g/mol. The van der Waals surface area contributed by atoms with Crippen molar-refractivity contribution >= 4 is 27.9 Å². The van der Waals surface area contributed by atoms with Gasteiger partial charge in [0.15, 0.2) is 0 Å². The summed E-state index contributed by atoms with van der Waals surface area (Å²) >= 11 is 0. The first kappa shape index (κ1) is 14.5. The lowest BCUT2D eigenvalue weighted by molar-refractivity contribution is 0.271. The molecular formula is C22H20N2O. The van der Waals surface area contributed by atoms with Crippen molar-refractivity contribution in [1.82, 2.24) is 0 Å². The third kappa shape index (κ3) is 2.08. The Labute approximate surface area is 147 Å². The Kier molecular flexibility index (Phi) is 3.11. The molecule has 0 fully saturated rings. The average Bonchev–Trinajstić information content (AvgIpc) is 3.02. The van der Waals surface area contributed by atoms with E-state index in [1.165, 1.54) is 22.0 Å². The van der Waals surface area contributed by atoms with Crippen LogP contribution >= 0.6 is 0 Å². The summed E-state index contributed by atoms with van der Waals surface area (Å²) in [5.74, 6) is 0.961. The molecule has 0 aliphatic carbocycles. The number of benzene rings is 3. The van der Waals surface area contributed by atoms with Gasteiger partial charge in [0.1, 0.15) is 12.4 Å². The maximum Gasteiger partial charge on any atom is 0.143 e. The lowest BCUT2D eigenvalue weighted by atomic mass is 9.97. The van der Waals surface area contributed by atoms with Crippen molar-refractivity contribution in [2.24, 2.45) is 4.99 Å². The van der Waals surface area contributed by atoms with Crippen molar-refractivity contribution in [3.05, 3.63) is 65.7 Å². The number of fused-ring (bicyclic) bond motifs is 1. The van der Waals surface area contributed by atoms with Crippen LogP contribution < -0.4 is 9.64 Å². The summed E-state index contributed by atoms with van der Waals surface area (Å²) in [6.45, 7) is 6.12. The van der Waals surface area contributed by atoms with Gasteiger partial charge in [-0.05, 0) is 37.4 Å². The number of hydrogen-bond acceptors (Lipinski definition) is 3. The minimum absolute atomic E-state index is 0.408. The van der Waals surface area contributed by atoms with Crippen molar-refractivity contribution in [2.45, 2.75) is 19.9 Å². The van der Waals surface area contributed by atoms with Gasteiger partial charge in [0.25, 0.3) is 0 Å². The van der Waals surface area contributed by atoms with Gasteiger partial charge in [0.05, 0.1) is 23.1 Å². The van der Waals surface area contributed by atoms with Gasteiger partial charge in [0, 0.05) is 23.1 Å². The summed E-state index contributed by atoms with van der Waals surface area (Å²) in [6, 6.07) is 19.6. The van der Waals surface area contributed by atoms with E-state index in [2.05, 4.69) is 73.3 Å². The Hall–Kier alpha value is -2.81. The highest BCUT2D eigenvalue weighted by Crippen LogP contribution is 2.40. The summed E-state index contributed by atoms with van der Waals surface area (Å²) in [6.07, 6.45) is 0. The minimum Gasteiger partial charge on any atom is -0.489 e. The van der Waals surface area contributed by atoms with Gasteiger partial charge in [-0.15, -0.1) is 0 Å². The second kappa shape index (κ2) is 5.35. The van der Waals surface area contributed by atoms with E-state index < -0.39 is 0 Å². The molecule has 0 saturated carbocycles. The Morgan fingerprint density at radius 2 is 1.96 bits per heavy atom. The molecule has 0 radical (unpaired) electrons. The van der Waals surface area contributed by atoms with Crippen LogP contribution in [0.5, 0.6) is 5.75 Å². The number of likely N-dealkylation sites (N-methyl/N-ethyl adjacent to an activating group) is 1. The molecule has 2 heterocycles. The molecule has 0 N–H and O–H groups in total. The number of ether oxygens (including phenoxy) is 1. The van der Waals surface area contributed by atoms with Crippen LogP contribution in [0.25, 0.3) is 10.8 Å². The van der Waals surface area contributed by atoms with Crippen LogP contribution in [0.2, 0.25) is 0 Å². The third-order valence-electron chi connectivity index (χ3n) is 5.27. The smallest absolute Gasteiger partial charge is 0.143 e. The maximum atomic E-state index is 6.02. The highest BCUT2D eigenvalue weighted by atomic mass is 16.5. The van der Waals surface area contributed by atoms with Crippen LogP contribution in [-0.4, -0.2) is 24.9 Å². The quantitative estimate of drug-likeness (QED) is 0.521. The van der Waals surface area contributed by atoms with Crippen LogP contribution in [-0.2, 0) is 0 Å². The Balaban J connectivity index is 1.64. The zero-order valence-electron chi connectivity index (χ0n) is 14.5. The molecule has 0 amide bonds. The molecule has 1 atom stereocenters. The highest BCUT2D eigenvalue weighted by molar-refractivity contribution is 6.26. The van der Waals surface area contributed by atoms with E-state index in [9.17, 15) is 0 Å². The summed E-state index contributed by atoms with van der Waals surface area (Å²) in [7, 11) is 0. The number of aliphatic imine (C=N–C) groups is 1. The third-order valence-corrected chi connectivity index (χ3v) is 5.27. The minimum atomic E-state index is 0.408. The summed E-state index contributed by atoms with van der Waals surface area (Å²) in [5, 5.41) is 2.50. The summed E-state index contributed by atoms with van der Waals surface area (Å²) in [5.41, 5.74) is 5.61. The van der Waals surface area contributed by atoms with Crippen LogP contribution in [0.15, 0.2) is 59.6 Å². The molecule has 5 rings (SSSR count). The molecule has 2 aliphatic heterocycles. The first-order valence-corrected chi connectivity index (χ1v) is 8.91. The largest absolute Gasteiger partial charge is 0.489 e. The SMILES string of the molecule is CCN1c2ccc(C3=Nc4cccc5cccc3c45)cc2OCC1C. The molecule has 2 aliphatic rings. The molecule has 0 spiro atoms. The second-order valence-corrected chi connectivity index (χ2v) is 6.77. The fourth-order valence-corrected chi connectivity index (χ4v) is 4.05. The number of nitrogens with zero attached hydrogens (tertiary/aromatic N) is 2. The van der Waals surface area contributed by atoms with E-state index in [1.807, 2.05) is 0 Å². The first-order chi connectivity index (χ1) is 12.3. The molecule has 3 heteroatoms. The van der Waals surface area contributed by atoms with Gasteiger partial charge in [-0.3, -0.25) is 0 Å². The maximum absolute atomic E-state index is 6.02. The lowest BCUT2D eigenvalue weighted by Gasteiger charge is -2.36. The molecule has 3 nitrogen and oxygen atoms in total. The molecule has 3 aromatic carbocycles. The molecule has 25 heavy (non-hydrogen) atoms. The van der Waals surface area contributed by atoms with E-state index in [0.717, 1.165) is 35.9 Å². The van der Waals surface area contributed by atoms with Gasteiger partial charge in [-0.2, -0.15) is 0 Å². The van der Waals surface area contributed by atoms with E-state index in [1.54, 1.807) is 0 Å².